The molecule has 0 amide bonds. The number of aromatic amines is 1. The molecule has 1 fully saturated rings. The van der Waals surface area contributed by atoms with Gasteiger partial charge in [-0.2, -0.15) is 11.8 Å². The standard InChI is InChI=1S/C11H17N3O2S/c1-14-3-4-17-7-9(14)11-12-8(6-16-2)5-10(15)13-11/h5,9H,3-4,6-7H2,1-2H3,(H,12,13,15). The van der Waals surface area contributed by atoms with Crippen LogP contribution in [0.5, 0.6) is 0 Å². The molecule has 0 aromatic carbocycles. The van der Waals surface area contributed by atoms with Crippen LogP contribution < -0.4 is 5.56 Å². The van der Waals surface area contributed by atoms with E-state index in [0.29, 0.717) is 12.3 Å². The quantitative estimate of drug-likeness (QED) is 0.859. The maximum atomic E-state index is 11.6. The fourth-order valence-corrected chi connectivity index (χ4v) is 3.10. The lowest BCUT2D eigenvalue weighted by molar-refractivity contribution is 0.180. The van der Waals surface area contributed by atoms with Crippen LogP contribution in [0.1, 0.15) is 17.6 Å². The van der Waals surface area contributed by atoms with Crippen LogP contribution in [-0.2, 0) is 11.3 Å². The second-order valence-corrected chi connectivity index (χ2v) is 5.28. The number of nitrogens with zero attached hydrogens (tertiary/aromatic N) is 2. The van der Waals surface area contributed by atoms with Gasteiger partial charge in [-0.05, 0) is 7.05 Å². The first-order valence-corrected chi connectivity index (χ1v) is 6.73. The largest absolute Gasteiger partial charge is 0.378 e. The third kappa shape index (κ3) is 3.08. The zero-order valence-electron chi connectivity index (χ0n) is 10.1. The minimum atomic E-state index is -0.106. The van der Waals surface area contributed by atoms with Gasteiger partial charge in [0.25, 0.3) is 5.56 Å². The third-order valence-corrected chi connectivity index (χ3v) is 3.84. The highest BCUT2D eigenvalue weighted by Crippen LogP contribution is 2.25. The first kappa shape index (κ1) is 12.6. The number of aromatic nitrogens is 2. The van der Waals surface area contributed by atoms with E-state index < -0.39 is 0 Å². The van der Waals surface area contributed by atoms with Gasteiger partial charge in [-0.25, -0.2) is 4.98 Å². The Bertz CT molecular complexity index is 435. The minimum absolute atomic E-state index is 0.106. The lowest BCUT2D eigenvalue weighted by Crippen LogP contribution is -2.35. The van der Waals surface area contributed by atoms with Crippen LogP contribution in [0.15, 0.2) is 10.9 Å². The number of H-pyrrole nitrogens is 1. The monoisotopic (exact) mass is 255 g/mol. The molecule has 1 aromatic rings. The van der Waals surface area contributed by atoms with Gasteiger partial charge in [0.2, 0.25) is 0 Å². The van der Waals surface area contributed by atoms with E-state index in [0.717, 1.165) is 23.9 Å². The molecule has 1 aromatic heterocycles. The second kappa shape index (κ2) is 5.66. The van der Waals surface area contributed by atoms with Crippen molar-refractivity contribution >= 4 is 11.8 Å². The first-order chi connectivity index (χ1) is 8.20. The summed E-state index contributed by atoms with van der Waals surface area (Å²) < 4.78 is 5.02. The van der Waals surface area contributed by atoms with Crippen molar-refractivity contribution in [2.24, 2.45) is 0 Å². The third-order valence-electron chi connectivity index (χ3n) is 2.82. The average molecular weight is 255 g/mol. The van der Waals surface area contributed by atoms with Crippen LogP contribution >= 0.6 is 11.8 Å². The highest BCUT2D eigenvalue weighted by Gasteiger charge is 2.23. The Hall–Kier alpha value is -0.850. The van der Waals surface area contributed by atoms with Crippen molar-refractivity contribution in [1.82, 2.24) is 14.9 Å². The van der Waals surface area contributed by atoms with Gasteiger partial charge < -0.3 is 9.72 Å². The van der Waals surface area contributed by atoms with Crippen molar-refractivity contribution in [2.45, 2.75) is 12.6 Å². The number of hydrogen-bond donors (Lipinski definition) is 1. The number of ether oxygens (including phenoxy) is 1. The molecule has 1 unspecified atom stereocenters. The molecule has 1 N–H and O–H groups in total. The zero-order valence-corrected chi connectivity index (χ0v) is 10.9. The molecule has 17 heavy (non-hydrogen) atoms. The van der Waals surface area contributed by atoms with Gasteiger partial charge in [0.05, 0.1) is 18.3 Å². The SMILES string of the molecule is COCc1cc(=O)[nH]c(C2CSCCN2C)n1. The summed E-state index contributed by atoms with van der Waals surface area (Å²) in [6.07, 6.45) is 0. The molecular formula is C11H17N3O2S. The Balaban J connectivity index is 2.27. The molecule has 1 atom stereocenters. The van der Waals surface area contributed by atoms with Crippen LogP contribution in [0.2, 0.25) is 0 Å². The summed E-state index contributed by atoms with van der Waals surface area (Å²) in [4.78, 5) is 21.1. The number of rotatable bonds is 3. The first-order valence-electron chi connectivity index (χ1n) is 5.58. The maximum absolute atomic E-state index is 11.6. The topological polar surface area (TPSA) is 58.2 Å². The van der Waals surface area contributed by atoms with Gasteiger partial charge in [0, 0.05) is 31.2 Å². The van der Waals surface area contributed by atoms with Crippen LogP contribution in [-0.4, -0.2) is 47.1 Å². The van der Waals surface area contributed by atoms with Gasteiger partial charge in [-0.1, -0.05) is 0 Å². The summed E-state index contributed by atoms with van der Waals surface area (Å²) in [6, 6.07) is 1.68. The smallest absolute Gasteiger partial charge is 0.251 e. The Morgan fingerprint density at radius 2 is 2.53 bits per heavy atom. The molecule has 2 rings (SSSR count). The van der Waals surface area contributed by atoms with E-state index >= 15 is 0 Å². The van der Waals surface area contributed by atoms with Crippen molar-refractivity contribution in [2.75, 3.05) is 32.2 Å². The number of methoxy groups -OCH3 is 1. The normalized spacial score (nSPS) is 21.6. The molecule has 0 aliphatic carbocycles. The van der Waals surface area contributed by atoms with Crippen molar-refractivity contribution < 1.29 is 4.74 Å². The predicted octanol–water partition coefficient (Wildman–Crippen LogP) is 0.636. The van der Waals surface area contributed by atoms with E-state index in [4.69, 9.17) is 4.74 Å². The van der Waals surface area contributed by atoms with E-state index in [2.05, 4.69) is 21.9 Å². The molecule has 0 spiro atoms. The van der Waals surface area contributed by atoms with Crippen molar-refractivity contribution in [3.05, 3.63) is 27.9 Å². The van der Waals surface area contributed by atoms with Crippen LogP contribution in [0.25, 0.3) is 0 Å². The Kier molecular flexibility index (Phi) is 4.20. The van der Waals surface area contributed by atoms with Gasteiger partial charge in [-0.15, -0.1) is 0 Å². The summed E-state index contributed by atoms with van der Waals surface area (Å²) in [7, 11) is 3.67. The van der Waals surface area contributed by atoms with Crippen LogP contribution in [0.3, 0.4) is 0 Å². The van der Waals surface area contributed by atoms with E-state index in [9.17, 15) is 4.79 Å². The van der Waals surface area contributed by atoms with Crippen LogP contribution in [0.4, 0.5) is 0 Å². The fourth-order valence-electron chi connectivity index (χ4n) is 1.88. The summed E-state index contributed by atoms with van der Waals surface area (Å²) >= 11 is 1.89. The van der Waals surface area contributed by atoms with Crippen LogP contribution in [0, 0.1) is 0 Å². The molecule has 1 aliphatic heterocycles. The highest BCUT2D eigenvalue weighted by molar-refractivity contribution is 7.99. The molecule has 6 heteroatoms. The minimum Gasteiger partial charge on any atom is -0.378 e. The zero-order chi connectivity index (χ0) is 12.3. The summed E-state index contributed by atoms with van der Waals surface area (Å²) in [5.74, 6) is 2.85. The summed E-state index contributed by atoms with van der Waals surface area (Å²) in [6.45, 7) is 1.40. The van der Waals surface area contributed by atoms with Crippen molar-refractivity contribution in [3.63, 3.8) is 0 Å². The maximum Gasteiger partial charge on any atom is 0.251 e. The predicted molar refractivity (Wildman–Crippen MR) is 68.3 cm³/mol. The summed E-state index contributed by atoms with van der Waals surface area (Å²) in [5.41, 5.74) is 0.584. The molecule has 0 saturated carbocycles. The lowest BCUT2D eigenvalue weighted by Gasteiger charge is -2.31. The van der Waals surface area contributed by atoms with Gasteiger partial charge in [0.1, 0.15) is 5.82 Å². The molecule has 1 aliphatic rings. The molecular weight excluding hydrogens is 238 g/mol. The molecule has 5 nitrogen and oxygen atoms in total. The van der Waals surface area contributed by atoms with E-state index in [1.165, 1.54) is 6.07 Å². The lowest BCUT2D eigenvalue weighted by atomic mass is 10.2. The summed E-state index contributed by atoms with van der Waals surface area (Å²) in [5, 5.41) is 0. The Labute approximate surface area is 105 Å². The Morgan fingerprint density at radius 3 is 3.24 bits per heavy atom. The van der Waals surface area contributed by atoms with Gasteiger partial charge in [-0.3, -0.25) is 9.69 Å². The van der Waals surface area contributed by atoms with E-state index in [1.54, 1.807) is 7.11 Å². The average Bonchev–Trinajstić information content (AvgIpc) is 2.29. The van der Waals surface area contributed by atoms with E-state index in [-0.39, 0.29) is 11.6 Å². The molecule has 0 radical (unpaired) electrons. The fraction of sp³-hybridized carbons (Fsp3) is 0.636. The highest BCUT2D eigenvalue weighted by atomic mass is 32.2. The number of thioether (sulfide) groups is 1. The second-order valence-electron chi connectivity index (χ2n) is 4.13. The molecule has 0 bridgehead atoms. The van der Waals surface area contributed by atoms with Gasteiger partial charge >= 0.3 is 0 Å². The number of nitrogens with one attached hydrogen (secondary N) is 1. The Morgan fingerprint density at radius 1 is 1.71 bits per heavy atom. The van der Waals surface area contributed by atoms with Crippen molar-refractivity contribution in [1.29, 1.82) is 0 Å². The van der Waals surface area contributed by atoms with E-state index in [1.807, 2.05) is 11.8 Å². The van der Waals surface area contributed by atoms with Gasteiger partial charge in [0.15, 0.2) is 0 Å². The van der Waals surface area contributed by atoms with Crippen molar-refractivity contribution in [3.8, 4) is 0 Å². The molecule has 94 valence electrons. The number of hydrogen-bond acceptors (Lipinski definition) is 5. The molecule has 2 heterocycles. The molecule has 1 saturated heterocycles.